The Balaban J connectivity index is 3.25. The first-order valence-electron chi connectivity index (χ1n) is 6.51. The van der Waals surface area contributed by atoms with E-state index in [1.54, 1.807) is 7.11 Å². The molecule has 1 aromatic rings. The molecule has 0 heterocycles. The van der Waals surface area contributed by atoms with Gasteiger partial charge in [-0.2, -0.15) is 0 Å². The van der Waals surface area contributed by atoms with E-state index in [9.17, 15) is 0 Å². The molecule has 3 heteroatoms. The predicted octanol–water partition coefficient (Wildman–Crippen LogP) is 4.13. The molecule has 0 unspecified atom stereocenters. The van der Waals surface area contributed by atoms with Crippen molar-refractivity contribution in [2.45, 2.75) is 39.3 Å². The van der Waals surface area contributed by atoms with Gasteiger partial charge < -0.3 is 4.74 Å². The summed E-state index contributed by atoms with van der Waals surface area (Å²) in [6, 6.07) is 6.50. The molecule has 1 nitrogen and oxygen atoms in total. The average Bonchev–Trinajstić information content (AvgIpc) is 2.23. The van der Waals surface area contributed by atoms with Gasteiger partial charge in [0.2, 0.25) is 0 Å². The van der Waals surface area contributed by atoms with E-state index in [0.29, 0.717) is 0 Å². The van der Waals surface area contributed by atoms with E-state index >= 15 is 0 Å². The molecular weight excluding hydrogens is 252 g/mol. The first-order valence-corrected chi connectivity index (χ1v) is 13.6. The smallest absolute Gasteiger partial charge is 0.119 e. The fourth-order valence-electron chi connectivity index (χ4n) is 1.83. The summed E-state index contributed by atoms with van der Waals surface area (Å²) in [6.07, 6.45) is 2.31. The summed E-state index contributed by atoms with van der Waals surface area (Å²) >= 11 is 0. The van der Waals surface area contributed by atoms with Crippen molar-refractivity contribution in [2.75, 3.05) is 7.11 Å². The highest BCUT2D eigenvalue weighted by atomic mass is 28.3. The van der Waals surface area contributed by atoms with Gasteiger partial charge in [-0.05, 0) is 17.7 Å². The molecule has 0 aliphatic heterocycles. The van der Waals surface area contributed by atoms with Crippen molar-refractivity contribution in [2.24, 2.45) is 0 Å². The van der Waals surface area contributed by atoms with E-state index in [4.69, 9.17) is 4.74 Å². The van der Waals surface area contributed by atoms with Crippen molar-refractivity contribution in [3.8, 4) is 5.75 Å². The van der Waals surface area contributed by atoms with Gasteiger partial charge in [0.1, 0.15) is 5.75 Å². The molecule has 1 rings (SSSR count). The second-order valence-electron chi connectivity index (χ2n) is 6.90. The minimum Gasteiger partial charge on any atom is -0.497 e. The number of rotatable bonds is 4. The summed E-state index contributed by atoms with van der Waals surface area (Å²) in [6.45, 7) is 14.2. The van der Waals surface area contributed by atoms with E-state index in [-0.39, 0.29) is 0 Å². The molecule has 18 heavy (non-hydrogen) atoms. The third kappa shape index (κ3) is 4.46. The maximum atomic E-state index is 5.35. The molecule has 0 fully saturated rings. The zero-order valence-electron chi connectivity index (χ0n) is 12.8. The SMILES string of the molecule is COc1ccc([Si](C)(C)C)c(C=C[Si](C)(C)C)c1. The molecule has 0 radical (unpaired) electrons. The van der Waals surface area contributed by atoms with Gasteiger partial charge in [-0.1, -0.05) is 62.3 Å². The summed E-state index contributed by atoms with van der Waals surface area (Å²) in [5.41, 5.74) is 3.75. The van der Waals surface area contributed by atoms with E-state index in [1.165, 1.54) is 10.8 Å². The molecule has 0 atom stereocenters. The van der Waals surface area contributed by atoms with Gasteiger partial charge in [-0.3, -0.25) is 0 Å². The third-order valence-electron chi connectivity index (χ3n) is 2.83. The number of methoxy groups -OCH3 is 1. The maximum absolute atomic E-state index is 5.35. The Labute approximate surface area is 114 Å². The highest BCUT2D eigenvalue weighted by Gasteiger charge is 2.20. The van der Waals surface area contributed by atoms with E-state index in [1.807, 2.05) is 0 Å². The maximum Gasteiger partial charge on any atom is 0.119 e. The Morgan fingerprint density at radius 2 is 1.61 bits per heavy atom. The van der Waals surface area contributed by atoms with Crippen LogP contribution in [-0.2, 0) is 0 Å². The van der Waals surface area contributed by atoms with Crippen molar-refractivity contribution < 1.29 is 4.74 Å². The van der Waals surface area contributed by atoms with Gasteiger partial charge >= 0.3 is 0 Å². The molecule has 0 spiro atoms. The van der Waals surface area contributed by atoms with Crippen molar-refractivity contribution in [1.82, 2.24) is 0 Å². The van der Waals surface area contributed by atoms with Crippen LogP contribution in [0.4, 0.5) is 0 Å². The highest BCUT2D eigenvalue weighted by Crippen LogP contribution is 2.17. The molecule has 0 aliphatic carbocycles. The molecule has 0 aliphatic rings. The second-order valence-corrected chi connectivity index (χ2v) is 17.0. The van der Waals surface area contributed by atoms with Crippen LogP contribution in [0.1, 0.15) is 5.56 Å². The number of hydrogen-bond donors (Lipinski definition) is 0. The summed E-state index contributed by atoms with van der Waals surface area (Å²) in [7, 11) is -0.725. The first-order chi connectivity index (χ1) is 8.13. The minimum absolute atomic E-state index is 0.951. The number of ether oxygens (including phenoxy) is 1. The van der Waals surface area contributed by atoms with Crippen LogP contribution in [0, 0.1) is 0 Å². The predicted molar refractivity (Wildman–Crippen MR) is 88.4 cm³/mol. The van der Waals surface area contributed by atoms with Crippen LogP contribution in [-0.4, -0.2) is 23.3 Å². The van der Waals surface area contributed by atoms with Crippen LogP contribution in [0.5, 0.6) is 5.75 Å². The van der Waals surface area contributed by atoms with Crippen LogP contribution in [0.15, 0.2) is 23.9 Å². The van der Waals surface area contributed by atoms with Crippen molar-refractivity contribution in [1.29, 1.82) is 0 Å². The Hall–Kier alpha value is -0.806. The number of hydrogen-bond acceptors (Lipinski definition) is 1. The van der Waals surface area contributed by atoms with Gasteiger partial charge in [0, 0.05) is 0 Å². The summed E-state index contributed by atoms with van der Waals surface area (Å²) in [5, 5.41) is 1.51. The largest absolute Gasteiger partial charge is 0.497 e. The molecular formula is C15H26OSi2. The van der Waals surface area contributed by atoms with Gasteiger partial charge in [0.05, 0.1) is 23.3 Å². The van der Waals surface area contributed by atoms with E-state index in [2.05, 4.69) is 69.3 Å². The fraction of sp³-hybridized carbons (Fsp3) is 0.467. The Morgan fingerprint density at radius 3 is 2.06 bits per heavy atom. The monoisotopic (exact) mass is 278 g/mol. The fourth-order valence-corrected chi connectivity index (χ4v) is 4.11. The topological polar surface area (TPSA) is 9.23 Å². The number of benzene rings is 1. The molecule has 0 saturated carbocycles. The Morgan fingerprint density at radius 1 is 1.00 bits per heavy atom. The quantitative estimate of drug-likeness (QED) is 0.753. The minimum atomic E-state index is -1.30. The van der Waals surface area contributed by atoms with Crippen molar-refractivity contribution in [3.05, 3.63) is 29.5 Å². The lowest BCUT2D eigenvalue weighted by Crippen LogP contribution is -2.39. The van der Waals surface area contributed by atoms with Crippen LogP contribution in [0.2, 0.25) is 39.3 Å². The molecule has 0 bridgehead atoms. The second kappa shape index (κ2) is 5.45. The van der Waals surface area contributed by atoms with Crippen LogP contribution in [0.3, 0.4) is 0 Å². The molecule has 0 saturated heterocycles. The highest BCUT2D eigenvalue weighted by molar-refractivity contribution is 6.89. The van der Waals surface area contributed by atoms with Gasteiger partial charge in [-0.15, -0.1) is 0 Å². The summed E-state index contributed by atoms with van der Waals surface area (Å²) in [5.74, 6) is 0.951. The standard InChI is InChI=1S/C15H26OSi2/c1-16-14-8-9-15(18(5,6)7)13(12-14)10-11-17(2,3)4/h8-12H,1-7H3. The molecule has 0 amide bonds. The Kier molecular flexibility index (Phi) is 4.62. The van der Waals surface area contributed by atoms with E-state index in [0.717, 1.165) is 5.75 Å². The van der Waals surface area contributed by atoms with Gasteiger partial charge in [0.25, 0.3) is 0 Å². The van der Waals surface area contributed by atoms with Crippen LogP contribution < -0.4 is 9.92 Å². The van der Waals surface area contributed by atoms with Gasteiger partial charge in [0.15, 0.2) is 0 Å². The third-order valence-corrected chi connectivity index (χ3v) is 6.07. The first kappa shape index (κ1) is 15.3. The van der Waals surface area contributed by atoms with Crippen molar-refractivity contribution in [3.63, 3.8) is 0 Å². The van der Waals surface area contributed by atoms with Crippen LogP contribution in [0.25, 0.3) is 6.08 Å². The lowest BCUT2D eigenvalue weighted by Gasteiger charge is -2.21. The van der Waals surface area contributed by atoms with E-state index < -0.39 is 16.1 Å². The summed E-state index contributed by atoms with van der Waals surface area (Å²) in [4.78, 5) is 0. The van der Waals surface area contributed by atoms with Gasteiger partial charge in [-0.25, -0.2) is 0 Å². The molecule has 100 valence electrons. The molecule has 0 aromatic heterocycles. The molecule has 1 aromatic carbocycles. The lowest BCUT2D eigenvalue weighted by molar-refractivity contribution is 0.415. The normalized spacial score (nSPS) is 13.1. The van der Waals surface area contributed by atoms with Crippen LogP contribution >= 0.6 is 0 Å². The lowest BCUT2D eigenvalue weighted by atomic mass is 10.2. The molecule has 0 N–H and O–H groups in total. The Bertz CT molecular complexity index is 437. The van der Waals surface area contributed by atoms with Crippen molar-refractivity contribution >= 4 is 27.4 Å². The zero-order chi connectivity index (χ0) is 14.0. The average molecular weight is 279 g/mol. The zero-order valence-corrected chi connectivity index (χ0v) is 14.8. The summed E-state index contributed by atoms with van der Waals surface area (Å²) < 4.78 is 5.35.